The van der Waals surface area contributed by atoms with Gasteiger partial charge in [0.2, 0.25) is 0 Å². The number of alkyl halides is 3. The number of rotatable bonds is 4. The number of aryl methyl sites for hydroxylation is 1. The highest BCUT2D eigenvalue weighted by atomic mass is 19.4. The van der Waals surface area contributed by atoms with E-state index < -0.39 is 12.1 Å². The summed E-state index contributed by atoms with van der Waals surface area (Å²) < 4.78 is 49.1. The van der Waals surface area contributed by atoms with Crippen molar-refractivity contribution >= 4 is 11.9 Å². The van der Waals surface area contributed by atoms with Crippen molar-refractivity contribution in [3.63, 3.8) is 0 Å². The molecule has 2 aliphatic rings. The molecule has 174 valence electrons. The smallest absolute Gasteiger partial charge is 0.475 e. The number of carbonyl (C=O) groups excluding carboxylic acids is 1. The number of morpholine rings is 1. The Morgan fingerprint density at radius 1 is 1.31 bits per heavy atom. The van der Waals surface area contributed by atoms with E-state index in [4.69, 9.17) is 23.8 Å². The maximum absolute atomic E-state index is 12.9. The van der Waals surface area contributed by atoms with Gasteiger partial charge < -0.3 is 23.9 Å². The van der Waals surface area contributed by atoms with E-state index in [2.05, 4.69) is 4.98 Å². The molecular weight excluding hydrogens is 433 g/mol. The highest BCUT2D eigenvalue weighted by molar-refractivity contribution is 5.95. The molecule has 1 amide bonds. The van der Waals surface area contributed by atoms with Crippen LogP contribution in [0.4, 0.5) is 13.2 Å². The van der Waals surface area contributed by atoms with E-state index >= 15 is 0 Å². The van der Waals surface area contributed by atoms with E-state index in [0.29, 0.717) is 31.1 Å². The van der Waals surface area contributed by atoms with E-state index in [9.17, 15) is 18.0 Å². The number of furan rings is 1. The zero-order valence-corrected chi connectivity index (χ0v) is 17.2. The fraction of sp³-hybridized carbons (Fsp3) is 0.476. The molecule has 1 saturated heterocycles. The molecule has 0 radical (unpaired) electrons. The molecule has 11 heteroatoms. The molecule has 3 atom stereocenters. The SMILES string of the molecule is Cc1occc1C(=O)N1CCO[C@H]2[C@@H](OCc3cccnc3)CC[C@@H]21.O=C(O)C(F)(F)F. The third kappa shape index (κ3) is 5.65. The number of nitrogens with zero attached hydrogens (tertiary/aromatic N) is 2. The summed E-state index contributed by atoms with van der Waals surface area (Å²) in [5.41, 5.74) is 1.68. The molecule has 1 aliphatic heterocycles. The molecule has 3 heterocycles. The van der Waals surface area contributed by atoms with E-state index in [1.165, 1.54) is 0 Å². The van der Waals surface area contributed by atoms with Gasteiger partial charge in [-0.1, -0.05) is 6.07 Å². The first-order valence-corrected chi connectivity index (χ1v) is 9.95. The predicted molar refractivity (Wildman–Crippen MR) is 104 cm³/mol. The van der Waals surface area contributed by atoms with Crippen LogP contribution in [0.3, 0.4) is 0 Å². The Bertz CT molecular complexity index is 918. The summed E-state index contributed by atoms with van der Waals surface area (Å²) in [6.07, 6.45) is 1.77. The number of fused-ring (bicyclic) bond motifs is 1. The van der Waals surface area contributed by atoms with Crippen LogP contribution >= 0.6 is 0 Å². The average Bonchev–Trinajstić information content (AvgIpc) is 3.38. The highest BCUT2D eigenvalue weighted by Crippen LogP contribution is 2.33. The summed E-state index contributed by atoms with van der Waals surface area (Å²) in [5, 5.41) is 7.12. The van der Waals surface area contributed by atoms with Gasteiger partial charge in [0.1, 0.15) is 11.9 Å². The largest absolute Gasteiger partial charge is 0.490 e. The molecule has 2 aromatic rings. The maximum Gasteiger partial charge on any atom is 0.490 e. The van der Waals surface area contributed by atoms with Gasteiger partial charge in [0, 0.05) is 18.9 Å². The van der Waals surface area contributed by atoms with E-state index in [0.717, 1.165) is 18.4 Å². The summed E-state index contributed by atoms with van der Waals surface area (Å²) in [7, 11) is 0. The van der Waals surface area contributed by atoms with Crippen molar-refractivity contribution in [2.75, 3.05) is 13.2 Å². The van der Waals surface area contributed by atoms with Crippen LogP contribution in [-0.2, 0) is 20.9 Å². The summed E-state index contributed by atoms with van der Waals surface area (Å²) in [5.74, 6) is -2.07. The normalized spacial score (nSPS) is 22.6. The number of aromatic nitrogens is 1. The van der Waals surface area contributed by atoms with Crippen molar-refractivity contribution in [1.29, 1.82) is 0 Å². The average molecular weight is 456 g/mol. The van der Waals surface area contributed by atoms with Gasteiger partial charge in [-0.15, -0.1) is 0 Å². The number of carboxylic acids is 1. The second-order valence-corrected chi connectivity index (χ2v) is 7.38. The second-order valence-electron chi connectivity index (χ2n) is 7.38. The summed E-state index contributed by atoms with van der Waals surface area (Å²) in [4.78, 5) is 27.8. The Hall–Kier alpha value is -2.92. The Morgan fingerprint density at radius 3 is 2.66 bits per heavy atom. The molecule has 1 saturated carbocycles. The standard InChI is InChI=1S/C19H22N2O4.C2HF3O2/c1-13-15(6-9-23-13)19(22)21-8-10-24-18-16(21)4-5-17(18)25-12-14-3-2-7-20-11-14;3-2(4,5)1(6)7/h2-3,6-7,9,11,16-18H,4-5,8,10,12H2,1H3;(H,6,7)/t16-,17-,18+;/m0./s1. The van der Waals surface area contributed by atoms with Crippen molar-refractivity contribution < 1.29 is 41.8 Å². The molecule has 1 N–H and O–H groups in total. The van der Waals surface area contributed by atoms with Crippen LogP contribution in [-0.4, -0.2) is 64.4 Å². The molecule has 4 rings (SSSR count). The lowest BCUT2D eigenvalue weighted by Gasteiger charge is -2.39. The lowest BCUT2D eigenvalue weighted by atomic mass is 10.1. The van der Waals surface area contributed by atoms with Gasteiger partial charge in [-0.05, 0) is 37.5 Å². The third-order valence-corrected chi connectivity index (χ3v) is 5.31. The van der Waals surface area contributed by atoms with Gasteiger partial charge in [-0.25, -0.2) is 4.79 Å². The van der Waals surface area contributed by atoms with Crippen LogP contribution in [0, 0.1) is 6.92 Å². The number of pyridine rings is 1. The van der Waals surface area contributed by atoms with Gasteiger partial charge in [0.05, 0.1) is 37.2 Å². The highest BCUT2D eigenvalue weighted by Gasteiger charge is 2.45. The number of carbonyl (C=O) groups is 2. The molecule has 32 heavy (non-hydrogen) atoms. The van der Waals surface area contributed by atoms with Crippen LogP contribution < -0.4 is 0 Å². The molecule has 1 aliphatic carbocycles. The minimum absolute atomic E-state index is 0.00579. The minimum atomic E-state index is -5.08. The monoisotopic (exact) mass is 456 g/mol. The minimum Gasteiger partial charge on any atom is -0.475 e. The van der Waals surface area contributed by atoms with E-state index in [1.54, 1.807) is 18.5 Å². The number of hydrogen-bond acceptors (Lipinski definition) is 6. The number of halogens is 3. The Morgan fingerprint density at radius 2 is 2.06 bits per heavy atom. The van der Waals surface area contributed by atoms with Crippen molar-refractivity contribution in [2.45, 2.75) is 50.8 Å². The maximum atomic E-state index is 12.9. The lowest BCUT2D eigenvalue weighted by molar-refractivity contribution is -0.192. The lowest BCUT2D eigenvalue weighted by Crippen LogP contribution is -2.53. The van der Waals surface area contributed by atoms with Crippen LogP contribution in [0.2, 0.25) is 0 Å². The zero-order chi connectivity index (χ0) is 23.3. The molecule has 0 aromatic carbocycles. The van der Waals surface area contributed by atoms with E-state index in [-0.39, 0.29) is 24.2 Å². The van der Waals surface area contributed by atoms with Crippen LogP contribution in [0.25, 0.3) is 0 Å². The van der Waals surface area contributed by atoms with Crippen molar-refractivity contribution in [3.05, 3.63) is 53.7 Å². The first kappa shape index (κ1) is 23.7. The fourth-order valence-corrected chi connectivity index (χ4v) is 3.79. The Labute approximate surface area is 181 Å². The quantitative estimate of drug-likeness (QED) is 0.754. The predicted octanol–water partition coefficient (Wildman–Crippen LogP) is 3.21. The number of carboxylic acid groups (broad SMARTS) is 1. The van der Waals surface area contributed by atoms with Gasteiger partial charge in [-0.2, -0.15) is 13.2 Å². The second kappa shape index (κ2) is 10.1. The van der Waals surface area contributed by atoms with Crippen molar-refractivity contribution in [3.8, 4) is 0 Å². The molecular formula is C21H23F3N2O6. The van der Waals surface area contributed by atoms with Crippen LogP contribution in [0.1, 0.15) is 34.5 Å². The number of aliphatic carboxylic acids is 1. The van der Waals surface area contributed by atoms with Gasteiger partial charge in [0.15, 0.2) is 0 Å². The van der Waals surface area contributed by atoms with Crippen molar-refractivity contribution in [1.82, 2.24) is 9.88 Å². The first-order valence-electron chi connectivity index (χ1n) is 9.95. The van der Waals surface area contributed by atoms with Crippen LogP contribution in [0.15, 0.2) is 41.3 Å². The van der Waals surface area contributed by atoms with Crippen molar-refractivity contribution in [2.24, 2.45) is 0 Å². The molecule has 0 unspecified atom stereocenters. The van der Waals surface area contributed by atoms with Gasteiger partial charge in [0.25, 0.3) is 5.91 Å². The van der Waals surface area contributed by atoms with Crippen LogP contribution in [0.5, 0.6) is 0 Å². The summed E-state index contributed by atoms with van der Waals surface area (Å²) in [6.45, 7) is 3.48. The molecule has 0 spiro atoms. The third-order valence-electron chi connectivity index (χ3n) is 5.31. The molecule has 0 bridgehead atoms. The fourth-order valence-electron chi connectivity index (χ4n) is 3.79. The summed E-state index contributed by atoms with van der Waals surface area (Å²) in [6, 6.07) is 5.71. The zero-order valence-electron chi connectivity index (χ0n) is 17.2. The first-order chi connectivity index (χ1) is 15.2. The molecule has 2 aromatic heterocycles. The Kier molecular flexibility index (Phi) is 7.52. The summed E-state index contributed by atoms with van der Waals surface area (Å²) >= 11 is 0. The topological polar surface area (TPSA) is 102 Å². The van der Waals surface area contributed by atoms with Gasteiger partial charge in [-0.3, -0.25) is 9.78 Å². The Balaban J connectivity index is 0.000000360. The van der Waals surface area contributed by atoms with Gasteiger partial charge >= 0.3 is 12.1 Å². The molecule has 2 fully saturated rings. The van der Waals surface area contributed by atoms with E-state index in [1.807, 2.05) is 30.2 Å². The number of hydrogen-bond donors (Lipinski definition) is 1. The molecule has 8 nitrogen and oxygen atoms in total. The number of amides is 1. The number of ether oxygens (including phenoxy) is 2.